The lowest BCUT2D eigenvalue weighted by Crippen LogP contribution is -2.40. The van der Waals surface area contributed by atoms with Crippen LogP contribution in [0.1, 0.15) is 71.6 Å². The first-order chi connectivity index (χ1) is 6.66. The summed E-state index contributed by atoms with van der Waals surface area (Å²) in [4.78, 5) is 0. The van der Waals surface area contributed by atoms with Gasteiger partial charge in [0.25, 0.3) is 0 Å². The molecule has 1 heteroatoms. The van der Waals surface area contributed by atoms with Gasteiger partial charge in [-0.1, -0.05) is 52.4 Å². The first-order valence-corrected chi connectivity index (χ1v) is 6.45. The normalized spacial score (nSPS) is 24.2. The molecule has 0 amide bonds. The Kier molecular flexibility index (Phi) is 4.94. The zero-order valence-electron chi connectivity index (χ0n) is 10.0. The van der Waals surface area contributed by atoms with Crippen molar-refractivity contribution in [2.45, 2.75) is 77.2 Å². The van der Waals surface area contributed by atoms with Crippen LogP contribution in [0.15, 0.2) is 0 Å². The van der Waals surface area contributed by atoms with E-state index >= 15 is 0 Å². The van der Waals surface area contributed by atoms with Gasteiger partial charge in [0.05, 0.1) is 0 Å². The van der Waals surface area contributed by atoms with Gasteiger partial charge in [-0.3, -0.25) is 0 Å². The Balaban J connectivity index is 2.37. The van der Waals surface area contributed by atoms with Gasteiger partial charge < -0.3 is 5.73 Å². The van der Waals surface area contributed by atoms with Crippen LogP contribution in [0.4, 0.5) is 0 Å². The molecule has 1 aliphatic rings. The van der Waals surface area contributed by atoms with E-state index in [2.05, 4.69) is 13.8 Å². The van der Waals surface area contributed by atoms with Gasteiger partial charge in [0.1, 0.15) is 0 Å². The minimum Gasteiger partial charge on any atom is -0.325 e. The van der Waals surface area contributed by atoms with E-state index in [0.717, 1.165) is 5.92 Å². The molecule has 0 aromatic rings. The Morgan fingerprint density at radius 3 is 2.21 bits per heavy atom. The van der Waals surface area contributed by atoms with E-state index in [4.69, 9.17) is 5.73 Å². The first-order valence-electron chi connectivity index (χ1n) is 6.45. The van der Waals surface area contributed by atoms with E-state index in [0.29, 0.717) is 0 Å². The fraction of sp³-hybridized carbons (Fsp3) is 1.00. The average Bonchev–Trinajstić information content (AvgIpc) is 2.30. The highest BCUT2D eigenvalue weighted by atomic mass is 14.7. The average molecular weight is 197 g/mol. The molecule has 0 spiro atoms. The summed E-state index contributed by atoms with van der Waals surface area (Å²) in [7, 11) is 0. The van der Waals surface area contributed by atoms with Crippen molar-refractivity contribution in [2.75, 3.05) is 0 Å². The molecule has 0 bridgehead atoms. The summed E-state index contributed by atoms with van der Waals surface area (Å²) >= 11 is 0. The van der Waals surface area contributed by atoms with Crippen LogP contribution in [-0.4, -0.2) is 5.54 Å². The molecule has 1 rings (SSSR count). The lowest BCUT2D eigenvalue weighted by molar-refractivity contribution is 0.284. The molecule has 1 fully saturated rings. The van der Waals surface area contributed by atoms with Gasteiger partial charge in [-0.2, -0.15) is 0 Å². The Hall–Kier alpha value is -0.0400. The molecule has 1 atom stereocenters. The van der Waals surface area contributed by atoms with E-state index in [1.54, 1.807) is 0 Å². The van der Waals surface area contributed by atoms with Crippen LogP contribution in [0.2, 0.25) is 0 Å². The Morgan fingerprint density at radius 1 is 1.14 bits per heavy atom. The quantitative estimate of drug-likeness (QED) is 0.680. The van der Waals surface area contributed by atoms with E-state index in [1.807, 2.05) is 0 Å². The van der Waals surface area contributed by atoms with Crippen molar-refractivity contribution in [3.05, 3.63) is 0 Å². The van der Waals surface area contributed by atoms with Crippen molar-refractivity contribution in [3.8, 4) is 0 Å². The Morgan fingerprint density at radius 2 is 1.71 bits per heavy atom. The summed E-state index contributed by atoms with van der Waals surface area (Å²) in [5, 5.41) is 0. The maximum Gasteiger partial charge on any atom is 0.0156 e. The van der Waals surface area contributed by atoms with Crippen LogP contribution in [-0.2, 0) is 0 Å². The molecule has 0 radical (unpaired) electrons. The number of rotatable bonds is 4. The highest BCUT2D eigenvalue weighted by molar-refractivity contribution is 4.87. The highest BCUT2D eigenvalue weighted by Crippen LogP contribution is 2.31. The number of hydrogen-bond donors (Lipinski definition) is 1. The lowest BCUT2D eigenvalue weighted by atomic mass is 9.81. The third-order valence-corrected chi connectivity index (χ3v) is 3.64. The second kappa shape index (κ2) is 5.75. The first kappa shape index (κ1) is 12.0. The van der Waals surface area contributed by atoms with Crippen LogP contribution in [0.25, 0.3) is 0 Å². The molecule has 1 nitrogen and oxygen atoms in total. The summed E-state index contributed by atoms with van der Waals surface area (Å²) in [6.07, 6.45) is 12.0. The molecule has 0 aliphatic heterocycles. The predicted octanol–water partition coefficient (Wildman–Crippen LogP) is 3.86. The van der Waals surface area contributed by atoms with Gasteiger partial charge in [0, 0.05) is 5.54 Å². The fourth-order valence-electron chi connectivity index (χ4n) is 2.93. The van der Waals surface area contributed by atoms with E-state index in [-0.39, 0.29) is 5.54 Å². The van der Waals surface area contributed by atoms with Gasteiger partial charge in [-0.15, -0.1) is 0 Å². The molecule has 0 saturated heterocycles. The molecular formula is C13H27N. The molecule has 0 heterocycles. The SMILES string of the molecule is CCCC(C)CC1(N)CCCCCC1. The third kappa shape index (κ3) is 4.00. The van der Waals surface area contributed by atoms with Crippen LogP contribution in [0, 0.1) is 5.92 Å². The predicted molar refractivity (Wildman–Crippen MR) is 63.3 cm³/mol. The minimum absolute atomic E-state index is 0.186. The molecule has 1 unspecified atom stereocenters. The van der Waals surface area contributed by atoms with Crippen molar-refractivity contribution in [3.63, 3.8) is 0 Å². The largest absolute Gasteiger partial charge is 0.325 e. The van der Waals surface area contributed by atoms with E-state index < -0.39 is 0 Å². The van der Waals surface area contributed by atoms with Crippen molar-refractivity contribution >= 4 is 0 Å². The van der Waals surface area contributed by atoms with Gasteiger partial charge >= 0.3 is 0 Å². The summed E-state index contributed by atoms with van der Waals surface area (Å²) in [6, 6.07) is 0. The van der Waals surface area contributed by atoms with Crippen molar-refractivity contribution < 1.29 is 0 Å². The maximum atomic E-state index is 6.49. The maximum absolute atomic E-state index is 6.49. The standard InChI is InChI=1S/C13H27N/c1-3-8-12(2)11-13(14)9-6-4-5-7-10-13/h12H,3-11,14H2,1-2H3. The fourth-order valence-corrected chi connectivity index (χ4v) is 2.93. The molecule has 1 saturated carbocycles. The second-order valence-electron chi connectivity index (χ2n) is 5.37. The topological polar surface area (TPSA) is 26.0 Å². The van der Waals surface area contributed by atoms with E-state index in [9.17, 15) is 0 Å². The monoisotopic (exact) mass is 197 g/mol. The summed E-state index contributed by atoms with van der Waals surface area (Å²) in [5.74, 6) is 0.822. The number of hydrogen-bond acceptors (Lipinski definition) is 1. The molecule has 2 N–H and O–H groups in total. The third-order valence-electron chi connectivity index (χ3n) is 3.64. The molecule has 1 aliphatic carbocycles. The summed E-state index contributed by atoms with van der Waals surface area (Å²) < 4.78 is 0. The lowest BCUT2D eigenvalue weighted by Gasteiger charge is -2.31. The van der Waals surface area contributed by atoms with Crippen LogP contribution in [0.3, 0.4) is 0 Å². The smallest absolute Gasteiger partial charge is 0.0156 e. The van der Waals surface area contributed by atoms with Crippen molar-refractivity contribution in [1.82, 2.24) is 0 Å². The molecule has 0 aromatic carbocycles. The Bertz CT molecular complexity index is 145. The van der Waals surface area contributed by atoms with Crippen molar-refractivity contribution in [2.24, 2.45) is 11.7 Å². The summed E-state index contributed by atoms with van der Waals surface area (Å²) in [5.41, 5.74) is 6.68. The van der Waals surface area contributed by atoms with E-state index in [1.165, 1.54) is 57.8 Å². The van der Waals surface area contributed by atoms with Crippen LogP contribution >= 0.6 is 0 Å². The molecular weight excluding hydrogens is 170 g/mol. The van der Waals surface area contributed by atoms with Crippen molar-refractivity contribution in [1.29, 1.82) is 0 Å². The highest BCUT2D eigenvalue weighted by Gasteiger charge is 2.27. The van der Waals surface area contributed by atoms with Crippen LogP contribution < -0.4 is 5.73 Å². The second-order valence-corrected chi connectivity index (χ2v) is 5.37. The summed E-state index contributed by atoms with van der Waals surface area (Å²) in [6.45, 7) is 4.63. The molecule has 14 heavy (non-hydrogen) atoms. The zero-order chi connectivity index (χ0) is 10.4. The minimum atomic E-state index is 0.186. The van der Waals surface area contributed by atoms with Gasteiger partial charge in [-0.25, -0.2) is 0 Å². The zero-order valence-corrected chi connectivity index (χ0v) is 10.0. The number of nitrogens with two attached hydrogens (primary N) is 1. The van der Waals surface area contributed by atoms with Crippen LogP contribution in [0.5, 0.6) is 0 Å². The van der Waals surface area contributed by atoms with Gasteiger partial charge in [0.2, 0.25) is 0 Å². The van der Waals surface area contributed by atoms with Gasteiger partial charge in [-0.05, 0) is 25.2 Å². The Labute approximate surface area is 89.5 Å². The molecule has 84 valence electrons. The molecule has 0 aromatic heterocycles. The van der Waals surface area contributed by atoms with Gasteiger partial charge in [0.15, 0.2) is 0 Å².